The van der Waals surface area contributed by atoms with E-state index in [2.05, 4.69) is 10.3 Å². The average Bonchev–Trinajstić information content (AvgIpc) is 2.87. The highest BCUT2D eigenvalue weighted by molar-refractivity contribution is 7.99. The van der Waals surface area contributed by atoms with Gasteiger partial charge >= 0.3 is 5.69 Å². The molecule has 2 heterocycles. The lowest BCUT2D eigenvalue weighted by Gasteiger charge is -2.15. The van der Waals surface area contributed by atoms with Crippen LogP contribution in [0.1, 0.15) is 19.8 Å². The Labute approximate surface area is 115 Å². The summed E-state index contributed by atoms with van der Waals surface area (Å²) in [5.41, 5.74) is 5.39. The summed E-state index contributed by atoms with van der Waals surface area (Å²) < 4.78 is 1.41. The third kappa shape index (κ3) is 3.15. The number of aromatic amines is 1. The predicted molar refractivity (Wildman–Crippen MR) is 79.9 cm³/mol. The van der Waals surface area contributed by atoms with E-state index in [1.54, 1.807) is 0 Å². The van der Waals surface area contributed by atoms with Gasteiger partial charge in [0.15, 0.2) is 0 Å². The molecule has 1 aromatic rings. The number of anilines is 2. The topological polar surface area (TPSA) is 92.9 Å². The Hall–Kier alpha value is -1.37. The summed E-state index contributed by atoms with van der Waals surface area (Å²) in [6.07, 6.45) is 1.94. The van der Waals surface area contributed by atoms with E-state index in [0.717, 1.165) is 25.1 Å². The fraction of sp³-hybridized carbons (Fsp3) is 0.667. The number of nitrogens with zero attached hydrogens (tertiary/aromatic N) is 1. The summed E-state index contributed by atoms with van der Waals surface area (Å²) >= 11 is 1.93. The molecule has 1 atom stereocenters. The van der Waals surface area contributed by atoms with Crippen molar-refractivity contribution in [1.29, 1.82) is 0 Å². The number of thioether (sulfide) groups is 1. The van der Waals surface area contributed by atoms with Gasteiger partial charge in [0.25, 0.3) is 5.56 Å². The second kappa shape index (κ2) is 6.18. The van der Waals surface area contributed by atoms with Crippen molar-refractivity contribution >= 4 is 23.3 Å². The Kier molecular flexibility index (Phi) is 4.57. The predicted octanol–water partition coefficient (Wildman–Crippen LogP) is 0.694. The minimum Gasteiger partial charge on any atom is -0.383 e. The van der Waals surface area contributed by atoms with Crippen LogP contribution in [-0.2, 0) is 6.54 Å². The largest absolute Gasteiger partial charge is 0.383 e. The van der Waals surface area contributed by atoms with Crippen LogP contribution in [0.5, 0.6) is 0 Å². The standard InChI is InChI=1S/C12H20N4O2S/c1-2-4-16-10(13)9(11(17)15-12(16)18)14-6-8-3-5-19-7-8/h8,14H,2-7,13H2,1H3,(H,15,17,18). The maximum atomic E-state index is 11.8. The molecule has 19 heavy (non-hydrogen) atoms. The summed E-state index contributed by atoms with van der Waals surface area (Å²) in [5.74, 6) is 3.09. The van der Waals surface area contributed by atoms with Gasteiger partial charge in [0.2, 0.25) is 0 Å². The van der Waals surface area contributed by atoms with E-state index in [1.807, 2.05) is 18.7 Å². The molecular formula is C12H20N4O2S. The first-order valence-electron chi connectivity index (χ1n) is 6.57. The van der Waals surface area contributed by atoms with E-state index in [4.69, 9.17) is 5.73 Å². The SMILES string of the molecule is CCCn1c(N)c(NCC2CCSC2)c(=O)[nH]c1=O. The van der Waals surface area contributed by atoms with Crippen LogP contribution in [0.25, 0.3) is 0 Å². The van der Waals surface area contributed by atoms with Gasteiger partial charge in [-0.15, -0.1) is 0 Å². The third-order valence-electron chi connectivity index (χ3n) is 3.28. The van der Waals surface area contributed by atoms with Crippen LogP contribution in [0.15, 0.2) is 9.59 Å². The molecule has 0 amide bonds. The summed E-state index contributed by atoms with van der Waals surface area (Å²) in [6, 6.07) is 0. The molecule has 1 unspecified atom stereocenters. The monoisotopic (exact) mass is 284 g/mol. The Morgan fingerprint density at radius 2 is 2.32 bits per heavy atom. The molecule has 2 rings (SSSR count). The lowest BCUT2D eigenvalue weighted by Crippen LogP contribution is -2.34. The first-order chi connectivity index (χ1) is 9.13. The molecule has 1 aliphatic rings. The molecule has 4 N–H and O–H groups in total. The van der Waals surface area contributed by atoms with Gasteiger partial charge in [0.1, 0.15) is 11.5 Å². The zero-order valence-corrected chi connectivity index (χ0v) is 11.9. The van der Waals surface area contributed by atoms with Crippen LogP contribution in [0.3, 0.4) is 0 Å². The van der Waals surface area contributed by atoms with Crippen LogP contribution in [0.4, 0.5) is 11.5 Å². The minimum atomic E-state index is -0.439. The number of nitrogens with one attached hydrogen (secondary N) is 2. The first-order valence-corrected chi connectivity index (χ1v) is 7.73. The maximum absolute atomic E-state index is 11.8. The van der Waals surface area contributed by atoms with Gasteiger partial charge in [-0.25, -0.2) is 4.79 Å². The summed E-state index contributed by atoms with van der Waals surface area (Å²) in [6.45, 7) is 3.19. The fourth-order valence-corrected chi connectivity index (χ4v) is 3.48. The van der Waals surface area contributed by atoms with Gasteiger partial charge < -0.3 is 11.1 Å². The quantitative estimate of drug-likeness (QED) is 0.740. The van der Waals surface area contributed by atoms with Gasteiger partial charge in [-0.2, -0.15) is 11.8 Å². The molecule has 0 aliphatic carbocycles. The number of H-pyrrole nitrogens is 1. The molecule has 0 spiro atoms. The van der Waals surface area contributed by atoms with E-state index in [-0.39, 0.29) is 5.82 Å². The summed E-state index contributed by atoms with van der Waals surface area (Å²) in [7, 11) is 0. The molecule has 1 saturated heterocycles. The number of aromatic nitrogens is 2. The van der Waals surface area contributed by atoms with Gasteiger partial charge in [0, 0.05) is 13.1 Å². The smallest absolute Gasteiger partial charge is 0.330 e. The van der Waals surface area contributed by atoms with E-state index >= 15 is 0 Å². The molecule has 1 aliphatic heterocycles. The molecule has 7 heteroatoms. The zero-order valence-electron chi connectivity index (χ0n) is 11.1. The Balaban J connectivity index is 2.21. The van der Waals surface area contributed by atoms with Crippen molar-refractivity contribution in [3.8, 4) is 0 Å². The zero-order chi connectivity index (χ0) is 13.8. The molecule has 1 aromatic heterocycles. The molecular weight excluding hydrogens is 264 g/mol. The first kappa shape index (κ1) is 14.0. The molecule has 0 aromatic carbocycles. The minimum absolute atomic E-state index is 0.237. The van der Waals surface area contributed by atoms with Crippen molar-refractivity contribution in [1.82, 2.24) is 9.55 Å². The maximum Gasteiger partial charge on any atom is 0.330 e. The molecule has 6 nitrogen and oxygen atoms in total. The number of hydrogen-bond acceptors (Lipinski definition) is 5. The lowest BCUT2D eigenvalue weighted by molar-refractivity contribution is 0.623. The number of rotatable bonds is 5. The third-order valence-corrected chi connectivity index (χ3v) is 4.51. The second-order valence-electron chi connectivity index (χ2n) is 4.78. The highest BCUT2D eigenvalue weighted by Crippen LogP contribution is 2.23. The Bertz CT molecular complexity index is 546. The van der Waals surface area contributed by atoms with Gasteiger partial charge in [-0.1, -0.05) is 6.92 Å². The van der Waals surface area contributed by atoms with Crippen molar-refractivity contribution in [2.24, 2.45) is 5.92 Å². The number of hydrogen-bond donors (Lipinski definition) is 3. The van der Waals surface area contributed by atoms with Crippen molar-refractivity contribution in [3.63, 3.8) is 0 Å². The van der Waals surface area contributed by atoms with Crippen LogP contribution in [0.2, 0.25) is 0 Å². The average molecular weight is 284 g/mol. The molecule has 0 radical (unpaired) electrons. The van der Waals surface area contributed by atoms with Gasteiger partial charge in [0.05, 0.1) is 0 Å². The second-order valence-corrected chi connectivity index (χ2v) is 5.93. The van der Waals surface area contributed by atoms with Crippen molar-refractivity contribution in [2.75, 3.05) is 29.1 Å². The van der Waals surface area contributed by atoms with E-state index in [1.165, 1.54) is 10.3 Å². The van der Waals surface area contributed by atoms with E-state index in [0.29, 0.717) is 18.2 Å². The van der Waals surface area contributed by atoms with E-state index in [9.17, 15) is 9.59 Å². The molecule has 1 fully saturated rings. The fourth-order valence-electron chi connectivity index (χ4n) is 2.19. The van der Waals surface area contributed by atoms with Crippen LogP contribution in [-0.4, -0.2) is 27.6 Å². The van der Waals surface area contributed by atoms with Crippen LogP contribution < -0.4 is 22.3 Å². The van der Waals surface area contributed by atoms with Gasteiger partial charge in [-0.05, 0) is 30.3 Å². The molecule has 0 saturated carbocycles. The Morgan fingerprint density at radius 1 is 1.53 bits per heavy atom. The van der Waals surface area contributed by atoms with Crippen molar-refractivity contribution < 1.29 is 0 Å². The lowest BCUT2D eigenvalue weighted by atomic mass is 10.1. The van der Waals surface area contributed by atoms with Crippen LogP contribution in [0, 0.1) is 5.92 Å². The number of nitrogen functional groups attached to an aromatic ring is 1. The van der Waals surface area contributed by atoms with Gasteiger partial charge in [-0.3, -0.25) is 14.3 Å². The highest BCUT2D eigenvalue weighted by atomic mass is 32.2. The number of nitrogens with two attached hydrogens (primary N) is 1. The molecule has 0 bridgehead atoms. The Morgan fingerprint density at radius 3 is 2.95 bits per heavy atom. The summed E-state index contributed by atoms with van der Waals surface area (Å²) in [4.78, 5) is 25.8. The molecule has 106 valence electrons. The van der Waals surface area contributed by atoms with Crippen molar-refractivity contribution in [3.05, 3.63) is 20.8 Å². The van der Waals surface area contributed by atoms with Crippen LogP contribution >= 0.6 is 11.8 Å². The van der Waals surface area contributed by atoms with E-state index < -0.39 is 11.2 Å². The van der Waals surface area contributed by atoms with Crippen molar-refractivity contribution in [2.45, 2.75) is 26.3 Å². The highest BCUT2D eigenvalue weighted by Gasteiger charge is 2.17. The normalized spacial score (nSPS) is 18.7. The summed E-state index contributed by atoms with van der Waals surface area (Å²) in [5, 5.41) is 3.11.